The molecule has 0 amide bonds. The van der Waals surface area contributed by atoms with Gasteiger partial charge in [0.25, 0.3) is 0 Å². The number of aromatic nitrogens is 3. The largest absolute Gasteiger partial charge is 0.383 e. The van der Waals surface area contributed by atoms with Crippen LogP contribution in [0, 0.1) is 11.3 Å². The molecule has 0 spiro atoms. The van der Waals surface area contributed by atoms with Crippen LogP contribution >= 0.6 is 0 Å². The number of morpholine rings is 1. The van der Waals surface area contributed by atoms with E-state index in [-0.39, 0.29) is 6.04 Å². The molecule has 0 bridgehead atoms. The summed E-state index contributed by atoms with van der Waals surface area (Å²) in [6.45, 7) is 3.57. The molecule has 1 saturated carbocycles. The molecule has 7 nitrogen and oxygen atoms in total. The van der Waals surface area contributed by atoms with Gasteiger partial charge in [0.15, 0.2) is 0 Å². The van der Waals surface area contributed by atoms with E-state index in [4.69, 9.17) is 20.6 Å². The Bertz CT molecular complexity index is 1380. The van der Waals surface area contributed by atoms with Gasteiger partial charge in [-0.1, -0.05) is 48.5 Å². The molecule has 2 fully saturated rings. The van der Waals surface area contributed by atoms with Gasteiger partial charge in [0.05, 0.1) is 30.5 Å². The van der Waals surface area contributed by atoms with E-state index in [1.165, 1.54) is 0 Å². The van der Waals surface area contributed by atoms with E-state index in [2.05, 4.69) is 29.2 Å². The SMILES string of the molecule is N#Cc1c(-c2ccc3ccc(-c4ccccc4)nc3c2)nn(C2CC(N3CCOCC3)C2)c1N. The van der Waals surface area contributed by atoms with Gasteiger partial charge in [-0.2, -0.15) is 10.4 Å². The van der Waals surface area contributed by atoms with Gasteiger partial charge in [0.2, 0.25) is 0 Å². The van der Waals surface area contributed by atoms with Crippen LogP contribution in [0.4, 0.5) is 5.82 Å². The number of hydrogen-bond acceptors (Lipinski definition) is 6. The lowest BCUT2D eigenvalue weighted by molar-refractivity contribution is -0.0159. The zero-order valence-electron chi connectivity index (χ0n) is 18.9. The maximum Gasteiger partial charge on any atom is 0.140 e. The second-order valence-corrected chi connectivity index (χ2v) is 9.06. The third-order valence-electron chi connectivity index (χ3n) is 7.09. The maximum atomic E-state index is 9.89. The third kappa shape index (κ3) is 3.61. The number of pyridine rings is 1. The Morgan fingerprint density at radius 3 is 2.47 bits per heavy atom. The normalized spacial score (nSPS) is 20.7. The number of anilines is 1. The van der Waals surface area contributed by atoms with Gasteiger partial charge in [0, 0.05) is 35.6 Å². The molecule has 3 heterocycles. The Balaban J connectivity index is 1.31. The fourth-order valence-electron chi connectivity index (χ4n) is 5.07. The summed E-state index contributed by atoms with van der Waals surface area (Å²) in [6, 6.07) is 23.3. The number of ether oxygens (including phenoxy) is 1. The average molecular weight is 451 g/mol. The molecule has 2 N–H and O–H groups in total. The number of benzene rings is 2. The summed E-state index contributed by atoms with van der Waals surface area (Å²) in [5.74, 6) is 0.453. The van der Waals surface area contributed by atoms with Crippen LogP contribution in [0.25, 0.3) is 33.4 Å². The molecule has 2 aromatic carbocycles. The zero-order chi connectivity index (χ0) is 23.1. The molecule has 0 unspecified atom stereocenters. The predicted molar refractivity (Wildman–Crippen MR) is 132 cm³/mol. The van der Waals surface area contributed by atoms with Gasteiger partial charge in [-0.25, -0.2) is 9.67 Å². The second-order valence-electron chi connectivity index (χ2n) is 9.06. The van der Waals surface area contributed by atoms with Crippen molar-refractivity contribution in [2.75, 3.05) is 32.0 Å². The first-order chi connectivity index (χ1) is 16.7. The van der Waals surface area contributed by atoms with Crippen molar-refractivity contribution >= 4 is 16.7 Å². The van der Waals surface area contributed by atoms with Crippen LogP contribution in [0.5, 0.6) is 0 Å². The Hall–Kier alpha value is -3.73. The molecule has 7 heteroatoms. The van der Waals surface area contributed by atoms with E-state index < -0.39 is 0 Å². The van der Waals surface area contributed by atoms with Crippen molar-refractivity contribution in [2.24, 2.45) is 0 Å². The van der Waals surface area contributed by atoms with Gasteiger partial charge in [-0.15, -0.1) is 0 Å². The van der Waals surface area contributed by atoms with Crippen LogP contribution in [-0.4, -0.2) is 52.0 Å². The minimum atomic E-state index is 0.219. The lowest BCUT2D eigenvalue weighted by Crippen LogP contribution is -2.50. The zero-order valence-corrected chi connectivity index (χ0v) is 18.9. The molecule has 1 aliphatic heterocycles. The summed E-state index contributed by atoms with van der Waals surface area (Å²) in [5, 5.41) is 15.8. The maximum absolute atomic E-state index is 9.89. The first-order valence-corrected chi connectivity index (χ1v) is 11.8. The van der Waals surface area contributed by atoms with Gasteiger partial charge in [-0.05, 0) is 25.0 Å². The topological polar surface area (TPSA) is 93.0 Å². The van der Waals surface area contributed by atoms with Gasteiger partial charge < -0.3 is 10.5 Å². The molecule has 1 aliphatic carbocycles. The van der Waals surface area contributed by atoms with Crippen LogP contribution in [0.2, 0.25) is 0 Å². The lowest BCUT2D eigenvalue weighted by Gasteiger charge is -2.44. The molecule has 170 valence electrons. The number of fused-ring (bicyclic) bond motifs is 1. The average Bonchev–Trinajstić information content (AvgIpc) is 3.19. The standard InChI is InChI=1S/C27H26N6O/c28-17-23-26(31-33(27(23)29)22-15-21(16-22)32-10-12-34-13-11-32)20-7-6-19-8-9-24(30-25(19)14-20)18-4-2-1-3-5-18/h1-9,14,21-22H,10-13,15-16,29H2. The molecule has 0 atom stereocenters. The minimum Gasteiger partial charge on any atom is -0.383 e. The van der Waals surface area contributed by atoms with Crippen molar-refractivity contribution in [1.82, 2.24) is 19.7 Å². The summed E-state index contributed by atoms with van der Waals surface area (Å²) in [5.41, 5.74) is 11.2. The highest BCUT2D eigenvalue weighted by molar-refractivity contribution is 5.87. The quantitative estimate of drug-likeness (QED) is 0.500. The molecule has 4 aromatic rings. The van der Waals surface area contributed by atoms with Crippen molar-refractivity contribution < 1.29 is 4.74 Å². The Kier molecular flexibility index (Phi) is 5.25. The second kappa shape index (κ2) is 8.56. The number of nitriles is 1. The lowest BCUT2D eigenvalue weighted by atomic mass is 9.85. The van der Waals surface area contributed by atoms with E-state index in [1.807, 2.05) is 47.1 Å². The van der Waals surface area contributed by atoms with Crippen molar-refractivity contribution in [3.8, 4) is 28.6 Å². The number of nitrogens with two attached hydrogens (primary N) is 1. The van der Waals surface area contributed by atoms with Crippen molar-refractivity contribution in [1.29, 1.82) is 5.26 Å². The monoisotopic (exact) mass is 450 g/mol. The van der Waals surface area contributed by atoms with E-state index in [0.29, 0.717) is 23.1 Å². The number of nitrogens with zero attached hydrogens (tertiary/aromatic N) is 5. The summed E-state index contributed by atoms with van der Waals surface area (Å²) in [4.78, 5) is 7.37. The van der Waals surface area contributed by atoms with E-state index >= 15 is 0 Å². The highest BCUT2D eigenvalue weighted by atomic mass is 16.5. The number of rotatable bonds is 4. The summed E-state index contributed by atoms with van der Waals surface area (Å²) < 4.78 is 7.34. The van der Waals surface area contributed by atoms with Crippen LogP contribution in [0.15, 0.2) is 60.7 Å². The van der Waals surface area contributed by atoms with Crippen molar-refractivity contribution in [3.63, 3.8) is 0 Å². The first kappa shape index (κ1) is 20.8. The van der Waals surface area contributed by atoms with Crippen LogP contribution in [0.3, 0.4) is 0 Å². The third-order valence-corrected chi connectivity index (χ3v) is 7.09. The predicted octanol–water partition coefficient (Wildman–Crippen LogP) is 4.25. The molecular weight excluding hydrogens is 424 g/mol. The Labute approximate surface area is 198 Å². The van der Waals surface area contributed by atoms with Gasteiger partial charge in [-0.3, -0.25) is 4.90 Å². The first-order valence-electron chi connectivity index (χ1n) is 11.8. The van der Waals surface area contributed by atoms with Crippen LogP contribution in [0.1, 0.15) is 24.4 Å². The summed E-state index contributed by atoms with van der Waals surface area (Å²) >= 11 is 0. The summed E-state index contributed by atoms with van der Waals surface area (Å²) in [7, 11) is 0. The smallest absolute Gasteiger partial charge is 0.140 e. The highest BCUT2D eigenvalue weighted by Crippen LogP contribution is 2.40. The van der Waals surface area contributed by atoms with Crippen LogP contribution in [-0.2, 0) is 4.74 Å². The van der Waals surface area contributed by atoms with E-state index in [9.17, 15) is 5.26 Å². The Morgan fingerprint density at radius 1 is 0.941 bits per heavy atom. The molecular formula is C27H26N6O. The number of nitrogen functional groups attached to an aromatic ring is 1. The van der Waals surface area contributed by atoms with E-state index in [0.717, 1.165) is 66.9 Å². The van der Waals surface area contributed by atoms with Gasteiger partial charge in [0.1, 0.15) is 23.1 Å². The molecule has 2 aromatic heterocycles. The molecule has 6 rings (SSSR count). The Morgan fingerprint density at radius 2 is 1.71 bits per heavy atom. The highest BCUT2D eigenvalue weighted by Gasteiger charge is 2.37. The van der Waals surface area contributed by atoms with Gasteiger partial charge >= 0.3 is 0 Å². The van der Waals surface area contributed by atoms with E-state index in [1.54, 1.807) is 0 Å². The molecule has 1 saturated heterocycles. The summed E-state index contributed by atoms with van der Waals surface area (Å²) in [6.07, 6.45) is 1.99. The minimum absolute atomic E-state index is 0.219. The van der Waals surface area contributed by atoms with Crippen molar-refractivity contribution in [3.05, 3.63) is 66.2 Å². The fourth-order valence-corrected chi connectivity index (χ4v) is 5.07. The molecule has 0 radical (unpaired) electrons. The molecule has 2 aliphatic rings. The molecule has 34 heavy (non-hydrogen) atoms. The number of hydrogen-bond donors (Lipinski definition) is 1. The van der Waals surface area contributed by atoms with Crippen molar-refractivity contribution in [2.45, 2.75) is 24.9 Å². The fraction of sp³-hybridized carbons (Fsp3) is 0.296. The van der Waals surface area contributed by atoms with Crippen LogP contribution < -0.4 is 5.73 Å².